The molecule has 0 saturated carbocycles. The predicted molar refractivity (Wildman–Crippen MR) is 94.9 cm³/mol. The van der Waals surface area contributed by atoms with Crippen molar-refractivity contribution in [3.8, 4) is 0 Å². The largest absolute Gasteiger partial charge is 0.391 e. The van der Waals surface area contributed by atoms with Gasteiger partial charge in [-0.3, -0.25) is 9.59 Å². The maximum Gasteiger partial charge on any atom is 0.254 e. The zero-order valence-corrected chi connectivity index (χ0v) is 14.2. The van der Waals surface area contributed by atoms with E-state index in [2.05, 4.69) is 5.32 Å². The van der Waals surface area contributed by atoms with Crippen molar-refractivity contribution in [2.75, 3.05) is 6.54 Å². The zero-order chi connectivity index (χ0) is 17.8. The van der Waals surface area contributed by atoms with Gasteiger partial charge < -0.3 is 15.3 Å². The third-order valence-electron chi connectivity index (χ3n) is 4.45. The van der Waals surface area contributed by atoms with E-state index in [4.69, 9.17) is 0 Å². The number of rotatable bonds is 4. The maximum atomic E-state index is 12.7. The third kappa shape index (κ3) is 4.06. The van der Waals surface area contributed by atoms with Gasteiger partial charge in [-0.05, 0) is 24.6 Å². The van der Waals surface area contributed by atoms with Gasteiger partial charge in [0.25, 0.3) is 5.91 Å². The summed E-state index contributed by atoms with van der Waals surface area (Å²) in [6, 6.07) is 16.1. The highest BCUT2D eigenvalue weighted by Crippen LogP contribution is 2.21. The first-order valence-corrected chi connectivity index (χ1v) is 8.42. The molecule has 0 bridgehead atoms. The quantitative estimate of drug-likeness (QED) is 0.894. The topological polar surface area (TPSA) is 69.6 Å². The Morgan fingerprint density at radius 3 is 2.48 bits per heavy atom. The van der Waals surface area contributed by atoms with Crippen molar-refractivity contribution in [3.05, 3.63) is 71.3 Å². The monoisotopic (exact) mass is 338 g/mol. The van der Waals surface area contributed by atoms with E-state index in [0.717, 1.165) is 11.1 Å². The minimum atomic E-state index is -0.678. The van der Waals surface area contributed by atoms with E-state index in [-0.39, 0.29) is 24.8 Å². The molecular weight excluding hydrogens is 316 g/mol. The first-order valence-electron chi connectivity index (χ1n) is 8.42. The van der Waals surface area contributed by atoms with Gasteiger partial charge in [0.2, 0.25) is 5.91 Å². The van der Waals surface area contributed by atoms with E-state index in [1.807, 2.05) is 37.3 Å². The van der Waals surface area contributed by atoms with Crippen molar-refractivity contribution < 1.29 is 14.7 Å². The average Bonchev–Trinajstić information content (AvgIpc) is 3.03. The molecule has 0 radical (unpaired) electrons. The van der Waals surface area contributed by atoms with E-state index in [1.54, 1.807) is 24.3 Å². The highest BCUT2D eigenvalue weighted by atomic mass is 16.3. The molecule has 1 aliphatic rings. The highest BCUT2D eigenvalue weighted by molar-refractivity contribution is 5.98. The van der Waals surface area contributed by atoms with Crippen molar-refractivity contribution in [1.82, 2.24) is 10.2 Å². The molecule has 130 valence electrons. The molecule has 5 heteroatoms. The summed E-state index contributed by atoms with van der Waals surface area (Å²) in [5.74, 6) is -0.464. The van der Waals surface area contributed by atoms with Gasteiger partial charge in [-0.25, -0.2) is 0 Å². The van der Waals surface area contributed by atoms with Crippen LogP contribution in [-0.2, 0) is 11.3 Å². The fraction of sp³-hybridized carbons (Fsp3) is 0.300. The molecule has 1 aliphatic heterocycles. The summed E-state index contributed by atoms with van der Waals surface area (Å²) in [7, 11) is 0. The molecule has 25 heavy (non-hydrogen) atoms. The van der Waals surface area contributed by atoms with Gasteiger partial charge in [-0.2, -0.15) is 0 Å². The Morgan fingerprint density at radius 1 is 1.12 bits per heavy atom. The minimum absolute atomic E-state index is 0.177. The Morgan fingerprint density at radius 2 is 1.80 bits per heavy atom. The fourth-order valence-electron chi connectivity index (χ4n) is 3.05. The normalized spacial score (nSPS) is 19.7. The third-order valence-corrected chi connectivity index (χ3v) is 4.45. The molecule has 2 aromatic rings. The second kappa shape index (κ2) is 7.49. The standard InChI is InChI=1S/C20H22N2O3/c1-14-7-9-15(10-8-14)12-21-19(24)18-11-17(23)13-22(18)20(25)16-5-3-2-4-6-16/h2-10,17-18,23H,11-13H2,1H3,(H,21,24)/t17-,18+/m1/s1. The number of aliphatic hydroxyl groups is 1. The second-order valence-corrected chi connectivity index (χ2v) is 6.43. The van der Waals surface area contributed by atoms with Gasteiger partial charge in [0.15, 0.2) is 0 Å². The van der Waals surface area contributed by atoms with Gasteiger partial charge in [-0.15, -0.1) is 0 Å². The number of β-amino-alcohol motifs (C(OH)–C–C–N with tert-alkyl or cyclic N) is 1. The fourth-order valence-corrected chi connectivity index (χ4v) is 3.05. The lowest BCUT2D eigenvalue weighted by molar-refractivity contribution is -0.125. The van der Waals surface area contributed by atoms with Crippen LogP contribution in [0, 0.1) is 6.92 Å². The molecule has 1 saturated heterocycles. The number of aryl methyl sites for hydroxylation is 1. The van der Waals surface area contributed by atoms with E-state index in [0.29, 0.717) is 12.1 Å². The van der Waals surface area contributed by atoms with Gasteiger partial charge in [0.1, 0.15) is 6.04 Å². The van der Waals surface area contributed by atoms with Crippen LogP contribution >= 0.6 is 0 Å². The summed E-state index contributed by atoms with van der Waals surface area (Å²) in [5, 5.41) is 12.8. The van der Waals surface area contributed by atoms with Gasteiger partial charge in [-0.1, -0.05) is 48.0 Å². The van der Waals surface area contributed by atoms with E-state index in [9.17, 15) is 14.7 Å². The highest BCUT2D eigenvalue weighted by Gasteiger charge is 2.39. The lowest BCUT2D eigenvalue weighted by atomic mass is 10.1. The number of benzene rings is 2. The smallest absolute Gasteiger partial charge is 0.254 e. The molecule has 2 atom stereocenters. The number of amides is 2. The van der Waals surface area contributed by atoms with Crippen molar-refractivity contribution >= 4 is 11.8 Å². The van der Waals surface area contributed by atoms with E-state index in [1.165, 1.54) is 4.90 Å². The summed E-state index contributed by atoms with van der Waals surface area (Å²) in [6.45, 7) is 2.59. The van der Waals surface area contributed by atoms with Crippen LogP contribution in [0.4, 0.5) is 0 Å². The van der Waals surface area contributed by atoms with Crippen molar-refractivity contribution in [2.24, 2.45) is 0 Å². The summed E-state index contributed by atoms with van der Waals surface area (Å²) in [5.41, 5.74) is 2.68. The number of hydrogen-bond donors (Lipinski definition) is 2. The first-order chi connectivity index (χ1) is 12.0. The molecule has 2 N–H and O–H groups in total. The van der Waals surface area contributed by atoms with Gasteiger partial charge >= 0.3 is 0 Å². The van der Waals surface area contributed by atoms with Crippen molar-refractivity contribution in [3.63, 3.8) is 0 Å². The van der Waals surface area contributed by atoms with Gasteiger partial charge in [0, 0.05) is 25.1 Å². The number of carbonyl (C=O) groups excluding carboxylic acids is 2. The molecule has 0 aliphatic carbocycles. The first kappa shape index (κ1) is 17.2. The van der Waals surface area contributed by atoms with Crippen LogP contribution in [0.1, 0.15) is 27.9 Å². The summed E-state index contributed by atoms with van der Waals surface area (Å²) in [4.78, 5) is 26.7. The van der Waals surface area contributed by atoms with Crippen LogP contribution < -0.4 is 5.32 Å². The summed E-state index contributed by atoms with van der Waals surface area (Å²) in [6.07, 6.45) is -0.416. The molecule has 0 unspecified atom stereocenters. The Bertz CT molecular complexity index is 743. The zero-order valence-electron chi connectivity index (χ0n) is 14.2. The molecule has 3 rings (SSSR count). The van der Waals surface area contributed by atoms with Crippen molar-refractivity contribution in [2.45, 2.75) is 32.0 Å². The number of likely N-dealkylation sites (tertiary alicyclic amines) is 1. The molecule has 1 fully saturated rings. The number of aliphatic hydroxyl groups excluding tert-OH is 1. The van der Waals surface area contributed by atoms with Gasteiger partial charge in [0.05, 0.1) is 6.10 Å². The number of carbonyl (C=O) groups is 2. The Kier molecular flexibility index (Phi) is 5.14. The van der Waals surface area contributed by atoms with Crippen LogP contribution in [0.2, 0.25) is 0 Å². The number of hydrogen-bond acceptors (Lipinski definition) is 3. The Balaban J connectivity index is 1.67. The van der Waals surface area contributed by atoms with Crippen molar-refractivity contribution in [1.29, 1.82) is 0 Å². The molecule has 5 nitrogen and oxygen atoms in total. The molecule has 2 aromatic carbocycles. The van der Waals surface area contributed by atoms with Crippen LogP contribution in [0.15, 0.2) is 54.6 Å². The van der Waals surface area contributed by atoms with Crippen LogP contribution in [0.3, 0.4) is 0 Å². The van der Waals surface area contributed by atoms with E-state index < -0.39 is 12.1 Å². The second-order valence-electron chi connectivity index (χ2n) is 6.43. The number of nitrogens with one attached hydrogen (secondary N) is 1. The Hall–Kier alpha value is -2.66. The molecule has 0 spiro atoms. The summed E-state index contributed by atoms with van der Waals surface area (Å²) < 4.78 is 0. The molecule has 0 aromatic heterocycles. The van der Waals surface area contributed by atoms with E-state index >= 15 is 0 Å². The lowest BCUT2D eigenvalue weighted by Gasteiger charge is -2.23. The summed E-state index contributed by atoms with van der Waals surface area (Å²) >= 11 is 0. The predicted octanol–water partition coefficient (Wildman–Crippen LogP) is 1.89. The molecular formula is C20H22N2O3. The number of nitrogens with zero attached hydrogens (tertiary/aromatic N) is 1. The maximum absolute atomic E-state index is 12.7. The minimum Gasteiger partial charge on any atom is -0.391 e. The average molecular weight is 338 g/mol. The Labute approximate surface area is 147 Å². The molecule has 1 heterocycles. The molecule has 2 amide bonds. The van der Waals surface area contributed by atoms with Crippen LogP contribution in [0.25, 0.3) is 0 Å². The van der Waals surface area contributed by atoms with Crippen LogP contribution in [0.5, 0.6) is 0 Å². The SMILES string of the molecule is Cc1ccc(CNC(=O)[C@@H]2C[C@@H](O)CN2C(=O)c2ccccc2)cc1. The van der Waals surface area contributed by atoms with Crippen LogP contribution in [-0.4, -0.2) is 40.5 Å². The lowest BCUT2D eigenvalue weighted by Crippen LogP contribution is -2.45.